The highest BCUT2D eigenvalue weighted by atomic mass is 16.5. The van der Waals surface area contributed by atoms with Gasteiger partial charge in [0.15, 0.2) is 11.5 Å². The van der Waals surface area contributed by atoms with E-state index in [4.69, 9.17) is 5.73 Å². The van der Waals surface area contributed by atoms with Gasteiger partial charge in [-0.1, -0.05) is 12.1 Å². The highest BCUT2D eigenvalue weighted by Crippen LogP contribution is 2.37. The summed E-state index contributed by atoms with van der Waals surface area (Å²) in [6, 6.07) is 8.51. The molecule has 0 aliphatic heterocycles. The lowest BCUT2D eigenvalue weighted by Gasteiger charge is -2.10. The molecule has 2 aromatic carbocycles. The number of phenolic OH excluding ortho intramolecular Hbond substituents is 2. The highest BCUT2D eigenvalue weighted by molar-refractivity contribution is 6.13. The summed E-state index contributed by atoms with van der Waals surface area (Å²) in [5.74, 6) is -1.67. The third-order valence-corrected chi connectivity index (χ3v) is 2.72. The maximum Gasteiger partial charge on any atom is 0.298 e. The SMILES string of the molecule is Nc1ccc(C(=O)c2ccccc2O)c(O)c1OC=O. The number of nitrogen functional groups attached to an aromatic ring is 1. The van der Waals surface area contributed by atoms with Crippen LogP contribution >= 0.6 is 0 Å². The van der Waals surface area contributed by atoms with Crippen molar-refractivity contribution in [2.24, 2.45) is 0 Å². The van der Waals surface area contributed by atoms with Crippen LogP contribution in [0.2, 0.25) is 0 Å². The van der Waals surface area contributed by atoms with E-state index in [-0.39, 0.29) is 34.8 Å². The summed E-state index contributed by atoms with van der Waals surface area (Å²) < 4.78 is 4.55. The number of carbonyl (C=O) groups excluding carboxylic acids is 2. The molecule has 2 aromatic rings. The van der Waals surface area contributed by atoms with Gasteiger partial charge in [-0.05, 0) is 24.3 Å². The molecule has 0 unspecified atom stereocenters. The van der Waals surface area contributed by atoms with Crippen LogP contribution in [-0.4, -0.2) is 22.5 Å². The number of nitrogens with two attached hydrogens (primary N) is 1. The Kier molecular flexibility index (Phi) is 3.56. The molecule has 0 aliphatic carbocycles. The van der Waals surface area contributed by atoms with E-state index in [1.807, 2.05) is 0 Å². The van der Waals surface area contributed by atoms with Crippen LogP contribution < -0.4 is 10.5 Å². The molecule has 0 saturated carbocycles. The number of ether oxygens (including phenoxy) is 1. The fourth-order valence-corrected chi connectivity index (χ4v) is 1.75. The Balaban J connectivity index is 2.54. The predicted octanol–water partition coefficient (Wildman–Crippen LogP) is 1.45. The molecule has 0 bridgehead atoms. The molecule has 6 heteroatoms. The molecule has 0 spiro atoms. The van der Waals surface area contributed by atoms with Gasteiger partial charge in [0.05, 0.1) is 16.8 Å². The molecule has 102 valence electrons. The van der Waals surface area contributed by atoms with Crippen molar-refractivity contribution in [3.8, 4) is 17.2 Å². The topological polar surface area (TPSA) is 110 Å². The van der Waals surface area contributed by atoms with Crippen LogP contribution in [0.3, 0.4) is 0 Å². The maximum absolute atomic E-state index is 12.3. The van der Waals surface area contributed by atoms with Gasteiger partial charge in [-0.15, -0.1) is 0 Å². The lowest BCUT2D eigenvalue weighted by Crippen LogP contribution is -2.05. The average molecular weight is 273 g/mol. The largest absolute Gasteiger partial charge is 0.507 e. The number of rotatable bonds is 4. The quantitative estimate of drug-likeness (QED) is 0.442. The first-order valence-electron chi connectivity index (χ1n) is 5.60. The minimum absolute atomic E-state index is 0.0171. The van der Waals surface area contributed by atoms with Crippen molar-refractivity contribution in [2.45, 2.75) is 0 Å². The second kappa shape index (κ2) is 5.31. The minimum Gasteiger partial charge on any atom is -0.507 e. The Bertz CT molecular complexity index is 681. The van der Waals surface area contributed by atoms with Gasteiger partial charge in [0, 0.05) is 0 Å². The first kappa shape index (κ1) is 13.4. The number of benzene rings is 2. The van der Waals surface area contributed by atoms with Gasteiger partial charge in [-0.3, -0.25) is 9.59 Å². The van der Waals surface area contributed by atoms with Crippen LogP contribution in [0.15, 0.2) is 36.4 Å². The maximum atomic E-state index is 12.3. The molecular weight excluding hydrogens is 262 g/mol. The predicted molar refractivity (Wildman–Crippen MR) is 70.8 cm³/mol. The van der Waals surface area contributed by atoms with Gasteiger partial charge >= 0.3 is 0 Å². The van der Waals surface area contributed by atoms with Crippen LogP contribution in [-0.2, 0) is 4.79 Å². The van der Waals surface area contributed by atoms with E-state index >= 15 is 0 Å². The zero-order valence-electron chi connectivity index (χ0n) is 10.2. The summed E-state index contributed by atoms with van der Waals surface area (Å²) in [6.45, 7) is 0.0969. The summed E-state index contributed by atoms with van der Waals surface area (Å²) >= 11 is 0. The molecule has 0 aliphatic rings. The standard InChI is InChI=1S/C14H11NO5/c15-10-6-5-9(13(19)14(10)20-7-16)12(18)8-3-1-2-4-11(8)17/h1-7,17,19H,15H2. The monoisotopic (exact) mass is 273 g/mol. The van der Waals surface area contributed by atoms with Crippen LogP contribution in [0, 0.1) is 0 Å². The molecule has 0 fully saturated rings. The van der Waals surface area contributed by atoms with Gasteiger partial charge < -0.3 is 20.7 Å². The van der Waals surface area contributed by atoms with E-state index < -0.39 is 11.5 Å². The molecule has 0 saturated heterocycles. The van der Waals surface area contributed by atoms with Crippen molar-refractivity contribution in [1.29, 1.82) is 0 Å². The van der Waals surface area contributed by atoms with Crippen LogP contribution in [0.25, 0.3) is 0 Å². The zero-order valence-corrected chi connectivity index (χ0v) is 10.2. The van der Waals surface area contributed by atoms with E-state index in [0.29, 0.717) is 0 Å². The van der Waals surface area contributed by atoms with Crippen molar-refractivity contribution >= 4 is 17.9 Å². The lowest BCUT2D eigenvalue weighted by atomic mass is 10.0. The second-order valence-corrected chi connectivity index (χ2v) is 3.94. The second-order valence-electron chi connectivity index (χ2n) is 3.94. The van der Waals surface area contributed by atoms with Crippen LogP contribution in [0.5, 0.6) is 17.2 Å². The molecule has 6 nitrogen and oxygen atoms in total. The van der Waals surface area contributed by atoms with E-state index in [1.165, 1.54) is 24.3 Å². The van der Waals surface area contributed by atoms with Crippen molar-refractivity contribution in [2.75, 3.05) is 5.73 Å². The van der Waals surface area contributed by atoms with Crippen molar-refractivity contribution in [3.63, 3.8) is 0 Å². The number of aromatic hydroxyl groups is 2. The van der Waals surface area contributed by atoms with Gasteiger partial charge in [-0.2, -0.15) is 0 Å². The Morgan fingerprint density at radius 1 is 1.10 bits per heavy atom. The first-order valence-corrected chi connectivity index (χ1v) is 5.60. The number of ketones is 1. The summed E-state index contributed by atoms with van der Waals surface area (Å²) in [7, 11) is 0. The highest BCUT2D eigenvalue weighted by Gasteiger charge is 2.21. The zero-order chi connectivity index (χ0) is 14.7. The number of anilines is 1. The summed E-state index contributed by atoms with van der Waals surface area (Å²) in [5.41, 5.74) is 5.45. The molecular formula is C14H11NO5. The van der Waals surface area contributed by atoms with Gasteiger partial charge in [0.2, 0.25) is 5.78 Å². The first-order chi connectivity index (χ1) is 9.56. The van der Waals surface area contributed by atoms with E-state index in [1.54, 1.807) is 12.1 Å². The molecule has 4 N–H and O–H groups in total. The lowest BCUT2D eigenvalue weighted by molar-refractivity contribution is -0.120. The molecule has 0 heterocycles. The molecule has 0 radical (unpaired) electrons. The summed E-state index contributed by atoms with van der Waals surface area (Å²) in [6.07, 6.45) is 0. The van der Waals surface area contributed by atoms with Crippen LogP contribution in [0.1, 0.15) is 15.9 Å². The number of phenols is 2. The molecule has 20 heavy (non-hydrogen) atoms. The number of para-hydroxylation sites is 1. The Labute approximate surface area is 114 Å². The molecule has 0 aromatic heterocycles. The Hall–Kier alpha value is -3.02. The normalized spacial score (nSPS) is 10.0. The number of hydrogen-bond donors (Lipinski definition) is 3. The van der Waals surface area contributed by atoms with Gasteiger partial charge in [0.1, 0.15) is 5.75 Å². The summed E-state index contributed by atoms with van der Waals surface area (Å²) in [5, 5.41) is 19.6. The number of hydrogen-bond acceptors (Lipinski definition) is 6. The molecule has 0 atom stereocenters. The fourth-order valence-electron chi connectivity index (χ4n) is 1.75. The smallest absolute Gasteiger partial charge is 0.298 e. The molecule has 0 amide bonds. The Morgan fingerprint density at radius 2 is 1.80 bits per heavy atom. The minimum atomic E-state index is -0.614. The summed E-state index contributed by atoms with van der Waals surface area (Å²) in [4.78, 5) is 22.6. The van der Waals surface area contributed by atoms with Crippen molar-refractivity contribution in [3.05, 3.63) is 47.5 Å². The van der Waals surface area contributed by atoms with Crippen molar-refractivity contribution in [1.82, 2.24) is 0 Å². The average Bonchev–Trinajstić information content (AvgIpc) is 2.43. The third kappa shape index (κ3) is 2.26. The third-order valence-electron chi connectivity index (χ3n) is 2.72. The van der Waals surface area contributed by atoms with Gasteiger partial charge in [0.25, 0.3) is 6.47 Å². The van der Waals surface area contributed by atoms with Crippen LogP contribution in [0.4, 0.5) is 5.69 Å². The Morgan fingerprint density at radius 3 is 2.45 bits per heavy atom. The van der Waals surface area contributed by atoms with Crippen molar-refractivity contribution < 1.29 is 24.5 Å². The van der Waals surface area contributed by atoms with Gasteiger partial charge in [-0.25, -0.2) is 0 Å². The fraction of sp³-hybridized carbons (Fsp3) is 0. The number of carbonyl (C=O) groups is 2. The molecule has 2 rings (SSSR count). The van der Waals surface area contributed by atoms with E-state index in [2.05, 4.69) is 4.74 Å². The van der Waals surface area contributed by atoms with E-state index in [0.717, 1.165) is 0 Å². The van der Waals surface area contributed by atoms with E-state index in [9.17, 15) is 19.8 Å².